The average Bonchev–Trinajstić information content (AvgIpc) is 3.22. The average molecular weight is 645 g/mol. The largest absolute Gasteiger partial charge is 0.391 e. The lowest BCUT2D eigenvalue weighted by atomic mass is 10.2. The van der Waals surface area contributed by atoms with Crippen LogP contribution in [0.25, 0.3) is 10.9 Å². The van der Waals surface area contributed by atoms with Crippen molar-refractivity contribution < 1.29 is 19.0 Å². The van der Waals surface area contributed by atoms with Crippen LogP contribution in [0.3, 0.4) is 0 Å². The molecule has 0 bridgehead atoms. The van der Waals surface area contributed by atoms with Crippen LogP contribution in [-0.4, -0.2) is 66.4 Å². The first-order valence-corrected chi connectivity index (χ1v) is 13.1. The van der Waals surface area contributed by atoms with Crippen molar-refractivity contribution in [1.29, 1.82) is 0 Å². The molecule has 0 atom stereocenters. The summed E-state index contributed by atoms with van der Waals surface area (Å²) in [6.45, 7) is 0.497. The number of fused-ring (bicyclic) bond motifs is 1. The zero-order chi connectivity index (χ0) is 29.9. The summed E-state index contributed by atoms with van der Waals surface area (Å²) in [6, 6.07) is 7.02. The molecule has 0 unspecified atom stereocenters. The number of nitrogens with zero attached hydrogens (tertiary/aromatic N) is 7. The van der Waals surface area contributed by atoms with Gasteiger partial charge in [0.05, 0.1) is 37.4 Å². The third kappa shape index (κ3) is 7.00. The number of carbonyl (C=O) groups excluding carboxylic acids is 2. The van der Waals surface area contributed by atoms with Crippen LogP contribution in [0.2, 0.25) is 5.02 Å². The first-order chi connectivity index (χ1) is 19.3. The molecule has 1 aromatic carbocycles. The number of primary amides is 1. The lowest BCUT2D eigenvalue weighted by Gasteiger charge is -2.28. The number of rotatable bonds is 10. The first kappa shape index (κ1) is 29.5. The Morgan fingerprint density at radius 3 is 2.68 bits per heavy atom. The Hall–Kier alpha value is -4.47. The minimum Gasteiger partial charge on any atom is -0.361 e. The summed E-state index contributed by atoms with van der Waals surface area (Å²) in [6.07, 6.45) is 5.93. The number of imidazole rings is 1. The maximum atomic E-state index is 12.6. The van der Waals surface area contributed by atoms with E-state index in [0.29, 0.717) is 34.1 Å². The molecule has 0 aliphatic carbocycles. The molecular formula is C25H25BrClN10O4+. The van der Waals surface area contributed by atoms with Crippen LogP contribution < -0.4 is 16.4 Å². The van der Waals surface area contributed by atoms with Gasteiger partial charge < -0.3 is 31.0 Å². The Kier molecular flexibility index (Phi) is 8.60. The fourth-order valence-corrected chi connectivity index (χ4v) is 4.48. The third-order valence-corrected chi connectivity index (χ3v) is 7.20. The van der Waals surface area contributed by atoms with Crippen molar-refractivity contribution >= 4 is 73.4 Å². The smallest absolute Gasteiger partial charge is 0.361 e. The van der Waals surface area contributed by atoms with E-state index in [1.54, 1.807) is 24.3 Å². The highest BCUT2D eigenvalue weighted by atomic mass is 79.9. The third-order valence-electron chi connectivity index (χ3n) is 5.99. The fraction of sp³-hybridized carbons (Fsp3) is 0.200. The van der Waals surface area contributed by atoms with E-state index in [0.717, 1.165) is 10.2 Å². The molecular weight excluding hydrogens is 620 g/mol. The minimum atomic E-state index is -0.862. The van der Waals surface area contributed by atoms with E-state index in [1.807, 2.05) is 20.2 Å². The van der Waals surface area contributed by atoms with Crippen molar-refractivity contribution in [2.75, 3.05) is 31.3 Å². The predicted molar refractivity (Wildman–Crippen MR) is 157 cm³/mol. The number of aromatic nitrogens is 5. The van der Waals surface area contributed by atoms with E-state index < -0.39 is 22.6 Å². The molecule has 0 radical (unpaired) electrons. The number of pyridine rings is 1. The van der Waals surface area contributed by atoms with Gasteiger partial charge in [-0.1, -0.05) is 11.6 Å². The van der Waals surface area contributed by atoms with Gasteiger partial charge in [0.1, 0.15) is 24.5 Å². The van der Waals surface area contributed by atoms with Gasteiger partial charge in [0.2, 0.25) is 5.91 Å². The number of hydrogen-bond donors (Lipinski definition) is 3. The molecule has 16 heteroatoms. The van der Waals surface area contributed by atoms with E-state index in [9.17, 15) is 19.7 Å². The van der Waals surface area contributed by atoms with E-state index in [4.69, 9.17) is 17.3 Å². The number of halogens is 2. The van der Waals surface area contributed by atoms with Gasteiger partial charge in [-0.05, 0) is 56.2 Å². The molecule has 4 rings (SSSR count). The lowest BCUT2D eigenvalue weighted by Crippen LogP contribution is -2.39. The molecule has 0 aliphatic rings. The molecule has 0 saturated heterocycles. The number of benzene rings is 1. The molecule has 0 saturated carbocycles. The van der Waals surface area contributed by atoms with Crippen LogP contribution in [0, 0.1) is 10.1 Å². The number of hydrogen-bond acceptors (Lipinski definition) is 9. The van der Waals surface area contributed by atoms with Crippen molar-refractivity contribution in [3.05, 3.63) is 80.1 Å². The van der Waals surface area contributed by atoms with Crippen molar-refractivity contribution in [1.82, 2.24) is 24.5 Å². The summed E-state index contributed by atoms with van der Waals surface area (Å²) in [5.41, 5.74) is 6.86. The van der Waals surface area contributed by atoms with Crippen molar-refractivity contribution in [3.8, 4) is 0 Å². The van der Waals surface area contributed by atoms with Gasteiger partial charge >= 0.3 is 17.5 Å². The molecule has 0 fully saturated rings. The Morgan fingerprint density at radius 2 is 2.00 bits per heavy atom. The highest BCUT2D eigenvalue weighted by Crippen LogP contribution is 2.29. The Labute approximate surface area is 247 Å². The van der Waals surface area contributed by atoms with Gasteiger partial charge in [-0.25, -0.2) is 15.0 Å². The zero-order valence-electron chi connectivity index (χ0n) is 22.1. The van der Waals surface area contributed by atoms with E-state index >= 15 is 0 Å². The number of nitro groups is 1. The summed E-state index contributed by atoms with van der Waals surface area (Å²) in [7, 11) is 5.14. The van der Waals surface area contributed by atoms with Crippen molar-refractivity contribution in [2.45, 2.75) is 6.54 Å². The predicted octanol–water partition coefficient (Wildman–Crippen LogP) is 3.70. The second kappa shape index (κ2) is 12.0. The van der Waals surface area contributed by atoms with Crippen LogP contribution in [-0.2, 0) is 18.4 Å². The Balaban J connectivity index is 1.45. The summed E-state index contributed by atoms with van der Waals surface area (Å²) in [4.78, 5) is 51.7. The quantitative estimate of drug-likeness (QED) is 0.100. The molecule has 4 N–H and O–H groups in total. The maximum Gasteiger partial charge on any atom is 0.391 e. The highest BCUT2D eigenvalue weighted by Gasteiger charge is 2.32. The van der Waals surface area contributed by atoms with Gasteiger partial charge in [0.15, 0.2) is 5.69 Å². The number of quaternary nitrogens is 1. The Morgan fingerprint density at radius 1 is 1.24 bits per heavy atom. The SMILES string of the molecule is Cn1c(C(N)=O)nc([N+](=O)[O-])c1C[N+](C)(C)C/C=C/C(=O)Nc1cc2c(Nc3ccc(Cl)c(Br)c3)ncnc2cn1. The Bertz CT molecular complexity index is 1710. The van der Waals surface area contributed by atoms with Gasteiger partial charge in [0, 0.05) is 28.7 Å². The molecule has 212 valence electrons. The number of nitrogens with two attached hydrogens (primary N) is 1. The summed E-state index contributed by atoms with van der Waals surface area (Å²) >= 11 is 9.48. The van der Waals surface area contributed by atoms with Crippen LogP contribution in [0.4, 0.5) is 23.1 Å². The second-order valence-corrected chi connectivity index (χ2v) is 10.9. The molecule has 0 aliphatic heterocycles. The summed E-state index contributed by atoms with van der Waals surface area (Å²) < 4.78 is 2.27. The number of amides is 2. The van der Waals surface area contributed by atoms with Gasteiger partial charge in [-0.15, -0.1) is 0 Å². The maximum absolute atomic E-state index is 12.6. The minimum absolute atomic E-state index is 0.158. The summed E-state index contributed by atoms with van der Waals surface area (Å²) in [5.74, 6) is -1.11. The number of carbonyl (C=O) groups is 2. The van der Waals surface area contributed by atoms with E-state index in [1.165, 1.54) is 30.2 Å². The van der Waals surface area contributed by atoms with Crippen molar-refractivity contribution in [2.24, 2.45) is 12.8 Å². The zero-order valence-corrected chi connectivity index (χ0v) is 24.5. The standard InChI is InChI=1S/C25H24BrClN10O4/c1-35-19(24(36(40)41)34-25(35)22(28)39)12-37(2,3)8-4-5-21(38)33-20-10-15-18(11-29-20)30-13-31-23(15)32-14-6-7-17(27)16(26)9-14/h4-7,9-11,13H,8,12H2,1-3H3,(H3-,28,29,30,31,32,33,34,38,39)/p+1/b5-4+. The van der Waals surface area contributed by atoms with Gasteiger partial charge in [-0.2, -0.15) is 0 Å². The molecule has 3 aromatic heterocycles. The molecule has 14 nitrogen and oxygen atoms in total. The monoisotopic (exact) mass is 643 g/mol. The van der Waals surface area contributed by atoms with Crippen LogP contribution in [0.15, 0.2) is 53.4 Å². The van der Waals surface area contributed by atoms with E-state index in [-0.39, 0.29) is 22.5 Å². The normalized spacial score (nSPS) is 11.6. The van der Waals surface area contributed by atoms with Crippen LogP contribution in [0.5, 0.6) is 0 Å². The second-order valence-electron chi connectivity index (χ2n) is 9.62. The topological polar surface area (TPSA) is 184 Å². The highest BCUT2D eigenvalue weighted by molar-refractivity contribution is 9.10. The molecule has 41 heavy (non-hydrogen) atoms. The van der Waals surface area contributed by atoms with Crippen LogP contribution in [0.1, 0.15) is 16.3 Å². The number of anilines is 3. The number of likely N-dealkylation sites (N-methyl/N-ethyl adjacent to an activating group) is 1. The lowest BCUT2D eigenvalue weighted by molar-refractivity contribution is -0.898. The van der Waals surface area contributed by atoms with E-state index in [2.05, 4.69) is 46.5 Å². The first-order valence-electron chi connectivity index (χ1n) is 12.0. The molecule has 0 spiro atoms. The molecule has 2 amide bonds. The van der Waals surface area contributed by atoms with Gasteiger partial charge in [-0.3, -0.25) is 14.2 Å². The van der Waals surface area contributed by atoms with Crippen LogP contribution >= 0.6 is 27.5 Å². The van der Waals surface area contributed by atoms with Crippen molar-refractivity contribution in [3.63, 3.8) is 0 Å². The van der Waals surface area contributed by atoms with Gasteiger partial charge in [0.25, 0.3) is 0 Å². The molecule has 4 aromatic rings. The summed E-state index contributed by atoms with van der Waals surface area (Å²) in [5, 5.41) is 18.6. The number of nitrogens with one attached hydrogen (secondary N) is 2. The molecule has 3 heterocycles. The fourth-order valence-electron chi connectivity index (χ4n) is 3.98.